The highest BCUT2D eigenvalue weighted by Crippen LogP contribution is 2.22. The molecule has 0 aliphatic rings. The van der Waals surface area contributed by atoms with Gasteiger partial charge in [0, 0.05) is 24.1 Å². The Kier molecular flexibility index (Phi) is 6.14. The van der Waals surface area contributed by atoms with Crippen molar-refractivity contribution in [2.75, 3.05) is 0 Å². The van der Waals surface area contributed by atoms with Crippen LogP contribution in [0.25, 0.3) is 10.9 Å². The van der Waals surface area contributed by atoms with E-state index in [0.29, 0.717) is 5.56 Å². The number of nitrogens with one attached hydrogen (secondary N) is 1. The average Bonchev–Trinajstić information content (AvgIpc) is 3.05. The van der Waals surface area contributed by atoms with Gasteiger partial charge in [0.15, 0.2) is 6.10 Å². The van der Waals surface area contributed by atoms with Crippen LogP contribution in [-0.2, 0) is 16.6 Å². The first-order valence-corrected chi connectivity index (χ1v) is 9.61. The lowest BCUT2D eigenvalue weighted by molar-refractivity contribution is -0.129. The molecule has 5 nitrogen and oxygen atoms in total. The third-order valence-corrected chi connectivity index (χ3v) is 4.87. The molecule has 0 aliphatic carbocycles. The lowest BCUT2D eigenvalue weighted by Gasteiger charge is -2.21. The summed E-state index contributed by atoms with van der Waals surface area (Å²) in [6.45, 7) is 3.68. The van der Waals surface area contributed by atoms with Gasteiger partial charge in [-0.1, -0.05) is 61.9 Å². The molecule has 0 aliphatic heterocycles. The Morgan fingerprint density at radius 3 is 2.46 bits per heavy atom. The van der Waals surface area contributed by atoms with Gasteiger partial charge in [-0.15, -0.1) is 0 Å². The number of ether oxygens (including phenoxy) is 1. The van der Waals surface area contributed by atoms with Gasteiger partial charge in [0.1, 0.15) is 0 Å². The second-order valence-electron chi connectivity index (χ2n) is 6.98. The number of para-hydroxylation sites is 1. The topological polar surface area (TPSA) is 60.3 Å². The van der Waals surface area contributed by atoms with Crippen molar-refractivity contribution in [3.8, 4) is 0 Å². The number of carbonyl (C=O) groups excluding carboxylic acids is 2. The van der Waals surface area contributed by atoms with Crippen molar-refractivity contribution >= 4 is 22.8 Å². The third kappa shape index (κ3) is 4.25. The Bertz CT molecular complexity index is 962. The normalized spacial score (nSPS) is 13.1. The molecular formula is C23H26N2O3. The van der Waals surface area contributed by atoms with Crippen LogP contribution in [0.15, 0.2) is 60.8 Å². The van der Waals surface area contributed by atoms with Gasteiger partial charge in [0.25, 0.3) is 5.91 Å². The second-order valence-corrected chi connectivity index (χ2v) is 6.98. The van der Waals surface area contributed by atoms with E-state index in [0.717, 1.165) is 29.3 Å². The summed E-state index contributed by atoms with van der Waals surface area (Å²) in [5.41, 5.74) is 2.45. The number of rotatable bonds is 7. The number of nitrogens with zero attached hydrogens (tertiary/aromatic N) is 1. The summed E-state index contributed by atoms with van der Waals surface area (Å²) in [6.07, 6.45) is 2.61. The monoisotopic (exact) mass is 378 g/mol. The number of carbonyl (C=O) groups is 2. The molecule has 3 aromatic rings. The zero-order valence-electron chi connectivity index (χ0n) is 16.5. The standard InChI is InChI=1S/C23H26N2O3/c1-4-10-20(17-11-6-5-7-12-17)24-22(26)16(2)28-23(27)19-15-25(3)21-14-9-8-13-18(19)21/h5-9,11-16,20H,4,10H2,1-3H3,(H,24,26)/t16-,20-/m1/s1. The predicted octanol–water partition coefficient (Wildman–Crippen LogP) is 4.38. The number of esters is 1. The van der Waals surface area contributed by atoms with E-state index in [1.165, 1.54) is 0 Å². The molecule has 0 saturated carbocycles. The molecule has 0 bridgehead atoms. The van der Waals surface area contributed by atoms with Crippen molar-refractivity contribution in [2.24, 2.45) is 7.05 Å². The van der Waals surface area contributed by atoms with Gasteiger partial charge < -0.3 is 14.6 Å². The van der Waals surface area contributed by atoms with Gasteiger partial charge >= 0.3 is 5.97 Å². The zero-order valence-corrected chi connectivity index (χ0v) is 16.5. The fourth-order valence-electron chi connectivity index (χ4n) is 3.37. The first-order chi connectivity index (χ1) is 13.5. The summed E-state index contributed by atoms with van der Waals surface area (Å²) < 4.78 is 7.35. The largest absolute Gasteiger partial charge is 0.449 e. The summed E-state index contributed by atoms with van der Waals surface area (Å²) in [6, 6.07) is 17.4. The van der Waals surface area contributed by atoms with Crippen LogP contribution in [0.3, 0.4) is 0 Å². The predicted molar refractivity (Wildman–Crippen MR) is 110 cm³/mol. The van der Waals surface area contributed by atoms with E-state index in [-0.39, 0.29) is 11.9 Å². The Morgan fingerprint density at radius 2 is 1.75 bits per heavy atom. The summed E-state index contributed by atoms with van der Waals surface area (Å²) in [5, 5.41) is 3.83. The van der Waals surface area contributed by atoms with E-state index >= 15 is 0 Å². The van der Waals surface area contributed by atoms with Crippen molar-refractivity contribution in [2.45, 2.75) is 38.8 Å². The Labute approximate surface area is 165 Å². The van der Waals surface area contributed by atoms with Crippen LogP contribution >= 0.6 is 0 Å². The van der Waals surface area contributed by atoms with Gasteiger partial charge in [0.05, 0.1) is 11.6 Å². The van der Waals surface area contributed by atoms with Crippen molar-refractivity contribution in [1.82, 2.24) is 9.88 Å². The summed E-state index contributed by atoms with van der Waals surface area (Å²) >= 11 is 0. The lowest BCUT2D eigenvalue weighted by Crippen LogP contribution is -2.38. The molecule has 1 amide bonds. The van der Waals surface area contributed by atoms with Crippen molar-refractivity contribution in [1.29, 1.82) is 0 Å². The minimum atomic E-state index is -0.880. The van der Waals surface area contributed by atoms with Crippen molar-refractivity contribution < 1.29 is 14.3 Å². The molecule has 0 fully saturated rings. The van der Waals surface area contributed by atoms with Gasteiger partial charge in [-0.2, -0.15) is 0 Å². The smallest absolute Gasteiger partial charge is 0.341 e. The van der Waals surface area contributed by atoms with Gasteiger partial charge in [-0.3, -0.25) is 4.79 Å². The second kappa shape index (κ2) is 8.74. The van der Waals surface area contributed by atoms with Crippen molar-refractivity contribution in [3.63, 3.8) is 0 Å². The molecule has 0 radical (unpaired) electrons. The van der Waals surface area contributed by atoms with E-state index in [1.54, 1.807) is 13.1 Å². The quantitative estimate of drug-likeness (QED) is 0.621. The van der Waals surface area contributed by atoms with Gasteiger partial charge in [-0.05, 0) is 25.0 Å². The van der Waals surface area contributed by atoms with Crippen molar-refractivity contribution in [3.05, 3.63) is 71.9 Å². The van der Waals surface area contributed by atoms with Gasteiger partial charge in [-0.25, -0.2) is 4.79 Å². The Hall–Kier alpha value is -3.08. The minimum absolute atomic E-state index is 0.0996. The SMILES string of the molecule is CCC[C@@H](NC(=O)[C@@H](C)OC(=O)c1cn(C)c2ccccc12)c1ccccc1. The number of aromatic nitrogens is 1. The third-order valence-electron chi connectivity index (χ3n) is 4.87. The van der Waals surface area contributed by atoms with E-state index in [1.807, 2.05) is 66.2 Å². The molecule has 0 unspecified atom stereocenters. The maximum atomic E-state index is 12.7. The molecule has 0 spiro atoms. The molecule has 5 heteroatoms. The van der Waals surface area contributed by atoms with Crippen LogP contribution in [-0.4, -0.2) is 22.5 Å². The Morgan fingerprint density at radius 1 is 1.07 bits per heavy atom. The van der Waals surface area contributed by atoms with Crippen LogP contribution in [0.5, 0.6) is 0 Å². The Balaban J connectivity index is 1.70. The van der Waals surface area contributed by atoms with Crippen LogP contribution in [0.2, 0.25) is 0 Å². The molecule has 3 rings (SSSR count). The molecular weight excluding hydrogens is 352 g/mol. The molecule has 1 N–H and O–H groups in total. The number of aryl methyl sites for hydroxylation is 1. The van der Waals surface area contributed by atoms with Crippen LogP contribution in [0.4, 0.5) is 0 Å². The lowest BCUT2D eigenvalue weighted by atomic mass is 10.0. The molecule has 28 heavy (non-hydrogen) atoms. The maximum absolute atomic E-state index is 12.7. The first kappa shape index (κ1) is 19.7. The number of fused-ring (bicyclic) bond motifs is 1. The summed E-state index contributed by atoms with van der Waals surface area (Å²) in [5.74, 6) is -0.790. The van der Waals surface area contributed by atoms with E-state index in [2.05, 4.69) is 12.2 Å². The van der Waals surface area contributed by atoms with E-state index in [9.17, 15) is 9.59 Å². The highest BCUT2D eigenvalue weighted by Gasteiger charge is 2.24. The van der Waals surface area contributed by atoms with Gasteiger partial charge in [0.2, 0.25) is 0 Å². The maximum Gasteiger partial charge on any atom is 0.341 e. The van der Waals surface area contributed by atoms with E-state index < -0.39 is 12.1 Å². The molecule has 1 heterocycles. The van der Waals surface area contributed by atoms with Crippen LogP contribution < -0.4 is 5.32 Å². The first-order valence-electron chi connectivity index (χ1n) is 9.61. The number of hydrogen-bond acceptors (Lipinski definition) is 3. The number of hydrogen-bond donors (Lipinski definition) is 1. The zero-order chi connectivity index (χ0) is 20.1. The molecule has 1 aromatic heterocycles. The molecule has 2 aromatic carbocycles. The fraction of sp³-hybridized carbons (Fsp3) is 0.304. The summed E-state index contributed by atoms with van der Waals surface area (Å²) in [7, 11) is 1.88. The molecule has 2 atom stereocenters. The highest BCUT2D eigenvalue weighted by molar-refractivity contribution is 6.05. The number of benzene rings is 2. The number of amides is 1. The molecule has 146 valence electrons. The molecule has 0 saturated heterocycles. The van der Waals surface area contributed by atoms with Crippen LogP contribution in [0.1, 0.15) is 48.7 Å². The van der Waals surface area contributed by atoms with E-state index in [4.69, 9.17) is 4.74 Å². The highest BCUT2D eigenvalue weighted by atomic mass is 16.5. The fourth-order valence-corrected chi connectivity index (χ4v) is 3.37. The minimum Gasteiger partial charge on any atom is -0.449 e. The summed E-state index contributed by atoms with van der Waals surface area (Å²) in [4.78, 5) is 25.3. The average molecular weight is 378 g/mol. The van der Waals surface area contributed by atoms with Crippen LogP contribution in [0, 0.1) is 0 Å².